The van der Waals surface area contributed by atoms with Crippen molar-refractivity contribution in [1.29, 1.82) is 0 Å². The van der Waals surface area contributed by atoms with E-state index in [1.54, 1.807) is 12.2 Å². The molecule has 0 aromatic heterocycles. The van der Waals surface area contributed by atoms with Gasteiger partial charge in [-0.15, -0.1) is 0 Å². The second kappa shape index (κ2) is 5.32. The van der Waals surface area contributed by atoms with Gasteiger partial charge < -0.3 is 9.74 Å². The summed E-state index contributed by atoms with van der Waals surface area (Å²) < 4.78 is 0. The fraction of sp³-hybridized carbons (Fsp3) is 0.900. The fourth-order valence-corrected chi connectivity index (χ4v) is 1.79. The summed E-state index contributed by atoms with van der Waals surface area (Å²) in [4.78, 5) is 18.8. The molecule has 1 atom stereocenters. The van der Waals surface area contributed by atoms with Gasteiger partial charge in [0.15, 0.2) is 0 Å². The summed E-state index contributed by atoms with van der Waals surface area (Å²) in [5.74, 6) is 0.282. The zero-order valence-corrected chi connectivity index (χ0v) is 9.32. The summed E-state index contributed by atoms with van der Waals surface area (Å²) in [6.45, 7) is 4.47. The molecule has 0 unspecified atom stereocenters. The molecule has 82 valence electrons. The minimum Gasteiger partial charge on any atom is -0.342 e. The topological polar surface area (TPSA) is 32.8 Å². The van der Waals surface area contributed by atoms with Crippen LogP contribution in [0.5, 0.6) is 0 Å². The summed E-state index contributed by atoms with van der Waals surface area (Å²) >= 11 is 0. The Bertz CT molecular complexity index is 191. The molecule has 1 amide bonds. The standard InChI is InChI=1S/C10H20N2O2/c1-9(8-11(2)14-3)10(13)12-6-4-5-7-12/h9H,4-8H2,1-3H3/t9-/m1/s1. The monoisotopic (exact) mass is 200 g/mol. The van der Waals surface area contributed by atoms with Crippen molar-refractivity contribution in [3.05, 3.63) is 0 Å². The Hall–Kier alpha value is -0.610. The zero-order chi connectivity index (χ0) is 10.6. The quantitative estimate of drug-likeness (QED) is 0.627. The Labute approximate surface area is 85.8 Å². The summed E-state index contributed by atoms with van der Waals surface area (Å²) in [5, 5.41) is 1.69. The van der Waals surface area contributed by atoms with E-state index >= 15 is 0 Å². The molecular weight excluding hydrogens is 180 g/mol. The normalized spacial score (nSPS) is 19.0. The van der Waals surface area contributed by atoms with Gasteiger partial charge in [0, 0.05) is 26.7 Å². The van der Waals surface area contributed by atoms with Gasteiger partial charge in [-0.3, -0.25) is 4.79 Å². The highest BCUT2D eigenvalue weighted by molar-refractivity contribution is 5.78. The van der Waals surface area contributed by atoms with E-state index < -0.39 is 0 Å². The fourth-order valence-electron chi connectivity index (χ4n) is 1.79. The van der Waals surface area contributed by atoms with Crippen molar-refractivity contribution in [2.24, 2.45) is 5.92 Å². The van der Waals surface area contributed by atoms with Crippen LogP contribution < -0.4 is 0 Å². The first-order chi connectivity index (χ1) is 6.65. The predicted octanol–water partition coefficient (Wildman–Crippen LogP) is 0.738. The van der Waals surface area contributed by atoms with Gasteiger partial charge in [-0.25, -0.2) is 0 Å². The molecule has 0 radical (unpaired) electrons. The molecule has 1 aliphatic heterocycles. The maximum absolute atomic E-state index is 11.8. The van der Waals surface area contributed by atoms with Crippen LogP contribution in [-0.4, -0.2) is 49.7 Å². The third-order valence-electron chi connectivity index (χ3n) is 2.68. The molecule has 0 aromatic carbocycles. The molecule has 0 N–H and O–H groups in total. The van der Waals surface area contributed by atoms with E-state index in [1.807, 2.05) is 18.9 Å². The first kappa shape index (κ1) is 11.5. The molecule has 1 rings (SSSR count). The Balaban J connectivity index is 2.35. The molecule has 1 saturated heterocycles. The van der Waals surface area contributed by atoms with Gasteiger partial charge in [0.05, 0.1) is 13.0 Å². The van der Waals surface area contributed by atoms with E-state index in [1.165, 1.54) is 0 Å². The van der Waals surface area contributed by atoms with Crippen molar-refractivity contribution < 1.29 is 9.63 Å². The van der Waals surface area contributed by atoms with Crippen LogP contribution in [0.2, 0.25) is 0 Å². The van der Waals surface area contributed by atoms with Crippen LogP contribution in [0.25, 0.3) is 0 Å². The number of hydroxylamine groups is 2. The van der Waals surface area contributed by atoms with Crippen LogP contribution in [0.4, 0.5) is 0 Å². The zero-order valence-electron chi connectivity index (χ0n) is 9.32. The molecule has 0 saturated carbocycles. The van der Waals surface area contributed by atoms with Gasteiger partial charge in [-0.05, 0) is 12.8 Å². The van der Waals surface area contributed by atoms with Crippen LogP contribution in [0, 0.1) is 5.92 Å². The first-order valence-electron chi connectivity index (χ1n) is 5.19. The Morgan fingerprint density at radius 1 is 1.50 bits per heavy atom. The number of nitrogens with zero attached hydrogens (tertiary/aromatic N) is 2. The Morgan fingerprint density at radius 3 is 2.57 bits per heavy atom. The van der Waals surface area contributed by atoms with E-state index in [9.17, 15) is 4.79 Å². The lowest BCUT2D eigenvalue weighted by Gasteiger charge is -2.23. The summed E-state index contributed by atoms with van der Waals surface area (Å²) in [6, 6.07) is 0. The van der Waals surface area contributed by atoms with Crippen LogP contribution in [0.15, 0.2) is 0 Å². The van der Waals surface area contributed by atoms with Gasteiger partial charge in [0.1, 0.15) is 0 Å². The van der Waals surface area contributed by atoms with Gasteiger partial charge in [-0.2, -0.15) is 5.06 Å². The van der Waals surface area contributed by atoms with Crippen LogP contribution in [0.1, 0.15) is 19.8 Å². The highest BCUT2D eigenvalue weighted by Crippen LogP contribution is 2.12. The SMILES string of the molecule is CON(C)C[C@@H](C)C(=O)N1CCCC1. The van der Waals surface area contributed by atoms with Crippen LogP contribution in [-0.2, 0) is 9.63 Å². The molecule has 4 heteroatoms. The third-order valence-corrected chi connectivity index (χ3v) is 2.68. The first-order valence-corrected chi connectivity index (χ1v) is 5.19. The molecule has 0 aliphatic carbocycles. The number of rotatable bonds is 4. The maximum Gasteiger partial charge on any atom is 0.226 e. The Kier molecular flexibility index (Phi) is 4.35. The van der Waals surface area contributed by atoms with E-state index in [4.69, 9.17) is 4.84 Å². The number of hydrogen-bond acceptors (Lipinski definition) is 3. The predicted molar refractivity (Wildman–Crippen MR) is 54.6 cm³/mol. The molecule has 0 bridgehead atoms. The Morgan fingerprint density at radius 2 is 2.07 bits per heavy atom. The summed E-state index contributed by atoms with van der Waals surface area (Å²) in [5.41, 5.74) is 0. The molecule has 1 aliphatic rings. The van der Waals surface area contributed by atoms with E-state index in [0.29, 0.717) is 6.54 Å². The van der Waals surface area contributed by atoms with Gasteiger partial charge in [0.2, 0.25) is 5.91 Å². The van der Waals surface area contributed by atoms with Crippen molar-refractivity contribution in [1.82, 2.24) is 9.96 Å². The lowest BCUT2D eigenvalue weighted by atomic mass is 10.1. The second-order valence-electron chi connectivity index (χ2n) is 3.93. The highest BCUT2D eigenvalue weighted by Gasteiger charge is 2.23. The largest absolute Gasteiger partial charge is 0.342 e. The molecular formula is C10H20N2O2. The maximum atomic E-state index is 11.8. The molecule has 0 spiro atoms. The van der Waals surface area contributed by atoms with Crippen molar-refractivity contribution in [3.8, 4) is 0 Å². The molecule has 0 aromatic rings. The lowest BCUT2D eigenvalue weighted by Crippen LogP contribution is -2.37. The number of amides is 1. The van der Waals surface area contributed by atoms with E-state index in [2.05, 4.69) is 0 Å². The minimum absolute atomic E-state index is 0.0260. The van der Waals surface area contributed by atoms with Crippen molar-refractivity contribution >= 4 is 5.91 Å². The average Bonchev–Trinajstić information content (AvgIpc) is 2.69. The van der Waals surface area contributed by atoms with Crippen molar-refractivity contribution in [2.45, 2.75) is 19.8 Å². The third kappa shape index (κ3) is 2.96. The molecule has 1 heterocycles. The lowest BCUT2D eigenvalue weighted by molar-refractivity contribution is -0.145. The number of likely N-dealkylation sites (tertiary alicyclic amines) is 1. The number of carbonyl (C=O) groups is 1. The van der Waals surface area contributed by atoms with Gasteiger partial charge in [-0.1, -0.05) is 6.92 Å². The highest BCUT2D eigenvalue weighted by atomic mass is 16.7. The number of hydrogen-bond donors (Lipinski definition) is 0. The van der Waals surface area contributed by atoms with Crippen LogP contribution in [0.3, 0.4) is 0 Å². The van der Waals surface area contributed by atoms with Crippen molar-refractivity contribution in [3.63, 3.8) is 0 Å². The molecule has 4 nitrogen and oxygen atoms in total. The second-order valence-corrected chi connectivity index (χ2v) is 3.93. The van der Waals surface area contributed by atoms with Crippen molar-refractivity contribution in [2.75, 3.05) is 33.8 Å². The molecule has 1 fully saturated rings. The van der Waals surface area contributed by atoms with Gasteiger partial charge in [0.25, 0.3) is 0 Å². The summed E-state index contributed by atoms with van der Waals surface area (Å²) in [7, 11) is 3.46. The van der Waals surface area contributed by atoms with Gasteiger partial charge >= 0.3 is 0 Å². The smallest absolute Gasteiger partial charge is 0.226 e. The minimum atomic E-state index is 0.0260. The van der Waals surface area contributed by atoms with E-state index in [-0.39, 0.29) is 11.8 Å². The van der Waals surface area contributed by atoms with E-state index in [0.717, 1.165) is 25.9 Å². The average molecular weight is 200 g/mol. The number of carbonyl (C=O) groups excluding carboxylic acids is 1. The van der Waals surface area contributed by atoms with Crippen LogP contribution >= 0.6 is 0 Å². The summed E-state index contributed by atoms with van der Waals surface area (Å²) in [6.07, 6.45) is 2.30. The molecule has 14 heavy (non-hydrogen) atoms.